The predicted molar refractivity (Wildman–Crippen MR) is 84.9 cm³/mol. The predicted octanol–water partition coefficient (Wildman–Crippen LogP) is 5.75. The van der Waals surface area contributed by atoms with Crippen molar-refractivity contribution in [3.05, 3.63) is 71.0 Å². The summed E-state index contributed by atoms with van der Waals surface area (Å²) in [5, 5.41) is 9.46. The van der Waals surface area contributed by atoms with Gasteiger partial charge >= 0.3 is 0 Å². The number of benzene rings is 2. The largest absolute Gasteiger partial charge is 0.206 e. The zero-order valence-corrected chi connectivity index (χ0v) is 12.4. The molecule has 0 atom stereocenters. The molecule has 1 aromatic heterocycles. The second kappa shape index (κ2) is 5.69. The lowest BCUT2D eigenvalue weighted by molar-refractivity contribution is 0.624. The second-order valence-electron chi connectivity index (χ2n) is 4.48. The molecule has 1 heterocycles. The van der Waals surface area contributed by atoms with Crippen LogP contribution in [-0.4, -0.2) is 0 Å². The molecule has 21 heavy (non-hydrogen) atoms. The van der Waals surface area contributed by atoms with Gasteiger partial charge in [-0.3, -0.25) is 0 Å². The van der Waals surface area contributed by atoms with Crippen molar-refractivity contribution in [3.63, 3.8) is 0 Å². The van der Waals surface area contributed by atoms with Crippen LogP contribution in [0.25, 0.3) is 20.9 Å². The van der Waals surface area contributed by atoms with Crippen molar-refractivity contribution in [1.29, 1.82) is 5.26 Å². The van der Waals surface area contributed by atoms with E-state index in [1.54, 1.807) is 17.4 Å². The number of nitriles is 1. The lowest BCUT2D eigenvalue weighted by Crippen LogP contribution is -1.83. The molecule has 0 aliphatic heterocycles. The van der Waals surface area contributed by atoms with Crippen molar-refractivity contribution in [2.45, 2.75) is 0 Å². The highest BCUT2D eigenvalue weighted by Gasteiger charge is 2.08. The fraction of sp³-hybridized carbons (Fsp3) is 0. The summed E-state index contributed by atoms with van der Waals surface area (Å²) in [6.07, 6.45) is 0. The molecular weight excluding hydrogens is 305 g/mol. The highest BCUT2D eigenvalue weighted by molar-refractivity contribution is 7.18. The molecule has 2 aromatic carbocycles. The smallest absolute Gasteiger partial charge is 0.141 e. The summed E-state index contributed by atoms with van der Waals surface area (Å²) in [4.78, 5) is 2.05. The van der Waals surface area contributed by atoms with Crippen molar-refractivity contribution in [3.8, 4) is 27.0 Å². The van der Waals surface area contributed by atoms with Crippen LogP contribution in [0.4, 0.5) is 4.39 Å². The first kappa shape index (κ1) is 13.8. The molecule has 0 aliphatic rings. The molecule has 0 saturated heterocycles. The fourth-order valence-electron chi connectivity index (χ4n) is 2.02. The third kappa shape index (κ3) is 2.82. The Balaban J connectivity index is 1.97. The Hall–Kier alpha value is -2.15. The molecule has 0 bridgehead atoms. The first-order chi connectivity index (χ1) is 10.2. The molecule has 0 aliphatic carbocycles. The van der Waals surface area contributed by atoms with Crippen molar-refractivity contribution >= 4 is 22.9 Å². The van der Waals surface area contributed by atoms with E-state index in [2.05, 4.69) is 0 Å². The van der Waals surface area contributed by atoms with Gasteiger partial charge in [-0.25, -0.2) is 4.39 Å². The van der Waals surface area contributed by atoms with Gasteiger partial charge in [0.25, 0.3) is 0 Å². The van der Waals surface area contributed by atoms with E-state index in [-0.39, 0.29) is 5.56 Å². The van der Waals surface area contributed by atoms with E-state index in [4.69, 9.17) is 16.9 Å². The minimum Gasteiger partial charge on any atom is -0.206 e. The minimum absolute atomic E-state index is 0.0632. The summed E-state index contributed by atoms with van der Waals surface area (Å²) >= 11 is 7.46. The van der Waals surface area contributed by atoms with Gasteiger partial charge < -0.3 is 0 Å². The first-order valence-corrected chi connectivity index (χ1v) is 7.42. The van der Waals surface area contributed by atoms with Crippen molar-refractivity contribution < 1.29 is 4.39 Å². The van der Waals surface area contributed by atoms with Gasteiger partial charge in [0.2, 0.25) is 0 Å². The summed E-state index contributed by atoms with van der Waals surface area (Å²) in [6.45, 7) is 0. The highest BCUT2D eigenvalue weighted by atomic mass is 35.5. The van der Waals surface area contributed by atoms with Crippen LogP contribution in [0.5, 0.6) is 0 Å². The Bertz CT molecular complexity index is 831. The third-order valence-electron chi connectivity index (χ3n) is 3.11. The van der Waals surface area contributed by atoms with Crippen LogP contribution in [0.3, 0.4) is 0 Å². The summed E-state index contributed by atoms with van der Waals surface area (Å²) in [5.41, 5.74) is 1.91. The molecule has 3 rings (SSSR count). The topological polar surface area (TPSA) is 23.8 Å². The number of rotatable bonds is 2. The van der Waals surface area contributed by atoms with E-state index in [1.165, 1.54) is 12.1 Å². The quantitative estimate of drug-likeness (QED) is 0.591. The Morgan fingerprint density at radius 2 is 1.52 bits per heavy atom. The standard InChI is InChI=1S/C17H9ClFNS/c18-14-5-3-11(4-6-14)16-7-8-17(21-16)12-1-2-13(10-20)15(19)9-12/h1-9H. The second-order valence-corrected chi connectivity index (χ2v) is 6.00. The molecule has 0 radical (unpaired) electrons. The Kier molecular flexibility index (Phi) is 3.74. The van der Waals surface area contributed by atoms with Crippen LogP contribution in [0, 0.1) is 17.1 Å². The Labute approximate surface area is 130 Å². The van der Waals surface area contributed by atoms with Gasteiger partial charge in [0.05, 0.1) is 5.56 Å². The summed E-state index contributed by atoms with van der Waals surface area (Å²) in [6, 6.07) is 18.0. The van der Waals surface area contributed by atoms with Crippen LogP contribution in [0.15, 0.2) is 54.6 Å². The molecule has 0 fully saturated rings. The summed E-state index contributed by atoms with van der Waals surface area (Å²) < 4.78 is 13.7. The van der Waals surface area contributed by atoms with E-state index in [1.807, 2.05) is 42.5 Å². The zero-order chi connectivity index (χ0) is 14.8. The molecule has 0 N–H and O–H groups in total. The van der Waals surface area contributed by atoms with E-state index in [0.717, 1.165) is 20.9 Å². The van der Waals surface area contributed by atoms with Gasteiger partial charge in [-0.2, -0.15) is 5.26 Å². The van der Waals surface area contributed by atoms with E-state index in [0.29, 0.717) is 5.02 Å². The van der Waals surface area contributed by atoms with Crippen LogP contribution in [0.1, 0.15) is 5.56 Å². The minimum atomic E-state index is -0.489. The summed E-state index contributed by atoms with van der Waals surface area (Å²) in [7, 11) is 0. The monoisotopic (exact) mass is 313 g/mol. The molecule has 0 amide bonds. The normalized spacial score (nSPS) is 10.3. The Morgan fingerprint density at radius 1 is 0.905 bits per heavy atom. The molecule has 102 valence electrons. The van der Waals surface area contributed by atoms with Gasteiger partial charge in [0.15, 0.2) is 0 Å². The van der Waals surface area contributed by atoms with Gasteiger partial charge in [-0.15, -0.1) is 11.3 Å². The Morgan fingerprint density at radius 3 is 2.14 bits per heavy atom. The highest BCUT2D eigenvalue weighted by Crippen LogP contribution is 2.35. The van der Waals surface area contributed by atoms with E-state index >= 15 is 0 Å². The maximum Gasteiger partial charge on any atom is 0.141 e. The maximum atomic E-state index is 13.7. The lowest BCUT2D eigenvalue weighted by Gasteiger charge is -2.00. The van der Waals surface area contributed by atoms with Crippen LogP contribution >= 0.6 is 22.9 Å². The molecule has 0 unspecified atom stereocenters. The number of thiophene rings is 1. The van der Waals surface area contributed by atoms with Crippen LogP contribution < -0.4 is 0 Å². The van der Waals surface area contributed by atoms with Gasteiger partial charge in [0.1, 0.15) is 11.9 Å². The number of nitrogens with zero attached hydrogens (tertiary/aromatic N) is 1. The van der Waals surface area contributed by atoms with Gasteiger partial charge in [-0.1, -0.05) is 29.8 Å². The van der Waals surface area contributed by atoms with Crippen molar-refractivity contribution in [2.24, 2.45) is 0 Å². The van der Waals surface area contributed by atoms with Crippen LogP contribution in [-0.2, 0) is 0 Å². The molecular formula is C17H9ClFNS. The van der Waals surface area contributed by atoms with Gasteiger partial charge in [0, 0.05) is 14.8 Å². The fourth-order valence-corrected chi connectivity index (χ4v) is 3.16. The van der Waals surface area contributed by atoms with E-state index in [9.17, 15) is 4.39 Å². The first-order valence-electron chi connectivity index (χ1n) is 6.23. The zero-order valence-electron chi connectivity index (χ0n) is 10.8. The number of halogens is 2. The SMILES string of the molecule is N#Cc1ccc(-c2ccc(-c3ccc(Cl)cc3)s2)cc1F. The van der Waals surface area contributed by atoms with Crippen LogP contribution in [0.2, 0.25) is 5.02 Å². The maximum absolute atomic E-state index is 13.7. The molecule has 0 spiro atoms. The number of hydrogen-bond acceptors (Lipinski definition) is 2. The van der Waals surface area contributed by atoms with Crippen molar-refractivity contribution in [1.82, 2.24) is 0 Å². The molecule has 1 nitrogen and oxygen atoms in total. The average Bonchev–Trinajstić information content (AvgIpc) is 2.98. The summed E-state index contributed by atoms with van der Waals surface area (Å²) in [5.74, 6) is -0.489. The molecule has 0 saturated carbocycles. The average molecular weight is 314 g/mol. The van der Waals surface area contributed by atoms with Gasteiger partial charge in [-0.05, 0) is 47.5 Å². The molecule has 4 heteroatoms. The van der Waals surface area contributed by atoms with E-state index < -0.39 is 5.82 Å². The molecule has 3 aromatic rings. The van der Waals surface area contributed by atoms with Crippen molar-refractivity contribution in [2.75, 3.05) is 0 Å². The number of hydrogen-bond donors (Lipinski definition) is 0. The lowest BCUT2D eigenvalue weighted by atomic mass is 10.1. The third-order valence-corrected chi connectivity index (χ3v) is 4.54.